The van der Waals surface area contributed by atoms with Crippen molar-refractivity contribution in [3.63, 3.8) is 0 Å². The molecule has 0 bridgehead atoms. The Balaban J connectivity index is 2.99. The maximum absolute atomic E-state index is 13.2. The SMILES string of the molecule is CCCC(C)(O)CNS(=O)(=O)c1ccc(F)c([N+](=O)[O-])c1. The molecule has 0 amide bonds. The molecular formula is C12H17FN2O5S. The van der Waals surface area contributed by atoms with E-state index in [0.717, 1.165) is 12.1 Å². The first-order valence-electron chi connectivity index (χ1n) is 6.25. The van der Waals surface area contributed by atoms with E-state index in [9.17, 15) is 28.0 Å². The lowest BCUT2D eigenvalue weighted by atomic mass is 10.0. The number of hydrogen-bond donors (Lipinski definition) is 2. The van der Waals surface area contributed by atoms with Gasteiger partial charge in [-0.3, -0.25) is 10.1 Å². The summed E-state index contributed by atoms with van der Waals surface area (Å²) in [7, 11) is -4.07. The fourth-order valence-electron chi connectivity index (χ4n) is 1.76. The van der Waals surface area contributed by atoms with Gasteiger partial charge >= 0.3 is 5.69 Å². The van der Waals surface area contributed by atoms with Crippen molar-refractivity contribution in [2.45, 2.75) is 37.2 Å². The summed E-state index contributed by atoms with van der Waals surface area (Å²) in [5.41, 5.74) is -2.15. The van der Waals surface area contributed by atoms with Crippen LogP contribution in [0.5, 0.6) is 0 Å². The van der Waals surface area contributed by atoms with E-state index in [1.54, 1.807) is 0 Å². The topological polar surface area (TPSA) is 110 Å². The van der Waals surface area contributed by atoms with E-state index in [-0.39, 0.29) is 6.54 Å². The molecule has 0 saturated carbocycles. The summed E-state index contributed by atoms with van der Waals surface area (Å²) in [6, 6.07) is 2.29. The van der Waals surface area contributed by atoms with Gasteiger partial charge in [-0.25, -0.2) is 13.1 Å². The average Bonchev–Trinajstić information content (AvgIpc) is 2.36. The van der Waals surface area contributed by atoms with E-state index in [2.05, 4.69) is 4.72 Å². The highest BCUT2D eigenvalue weighted by Crippen LogP contribution is 2.21. The lowest BCUT2D eigenvalue weighted by Gasteiger charge is -2.22. The van der Waals surface area contributed by atoms with Crippen molar-refractivity contribution < 1.29 is 22.8 Å². The van der Waals surface area contributed by atoms with Crippen molar-refractivity contribution in [1.29, 1.82) is 0 Å². The first-order valence-corrected chi connectivity index (χ1v) is 7.73. The van der Waals surface area contributed by atoms with E-state index >= 15 is 0 Å². The Morgan fingerprint density at radius 1 is 1.48 bits per heavy atom. The molecule has 0 aliphatic carbocycles. The summed E-state index contributed by atoms with van der Waals surface area (Å²) in [6.07, 6.45) is 1.05. The number of nitro groups is 1. The van der Waals surface area contributed by atoms with Crippen LogP contribution >= 0.6 is 0 Å². The summed E-state index contributed by atoms with van der Waals surface area (Å²) in [6.45, 7) is 3.08. The van der Waals surface area contributed by atoms with Crippen LogP contribution in [0, 0.1) is 15.9 Å². The molecule has 1 aromatic carbocycles. The van der Waals surface area contributed by atoms with E-state index in [1.807, 2.05) is 6.92 Å². The summed E-state index contributed by atoms with van der Waals surface area (Å²) < 4.78 is 39.4. The van der Waals surface area contributed by atoms with Crippen LogP contribution in [0.1, 0.15) is 26.7 Å². The van der Waals surface area contributed by atoms with Crippen LogP contribution in [0.25, 0.3) is 0 Å². The van der Waals surface area contributed by atoms with Crippen molar-refractivity contribution in [1.82, 2.24) is 4.72 Å². The maximum Gasteiger partial charge on any atom is 0.306 e. The number of nitrogens with one attached hydrogen (secondary N) is 1. The molecule has 0 saturated heterocycles. The Labute approximate surface area is 122 Å². The highest BCUT2D eigenvalue weighted by atomic mass is 32.2. The molecule has 0 spiro atoms. The maximum atomic E-state index is 13.2. The van der Waals surface area contributed by atoms with Crippen LogP contribution < -0.4 is 4.72 Å². The molecule has 2 N–H and O–H groups in total. The Morgan fingerprint density at radius 2 is 2.10 bits per heavy atom. The average molecular weight is 320 g/mol. The molecule has 7 nitrogen and oxygen atoms in total. The van der Waals surface area contributed by atoms with Crippen molar-refractivity contribution in [3.8, 4) is 0 Å². The second-order valence-corrected chi connectivity index (χ2v) is 6.71. The van der Waals surface area contributed by atoms with Gasteiger partial charge in [0.25, 0.3) is 0 Å². The summed E-state index contributed by atoms with van der Waals surface area (Å²) in [4.78, 5) is 9.19. The number of hydrogen-bond acceptors (Lipinski definition) is 5. The Morgan fingerprint density at radius 3 is 2.62 bits per heavy atom. The van der Waals surface area contributed by atoms with Gasteiger partial charge in [-0.05, 0) is 25.5 Å². The van der Waals surface area contributed by atoms with E-state index in [0.29, 0.717) is 18.9 Å². The minimum Gasteiger partial charge on any atom is -0.389 e. The molecule has 0 heterocycles. The number of nitro benzene ring substituents is 1. The van der Waals surface area contributed by atoms with Crippen molar-refractivity contribution in [3.05, 3.63) is 34.1 Å². The lowest BCUT2D eigenvalue weighted by Crippen LogP contribution is -2.40. The van der Waals surface area contributed by atoms with Crippen LogP contribution in [0.4, 0.5) is 10.1 Å². The third-order valence-corrected chi connectivity index (χ3v) is 4.26. The normalized spacial score (nSPS) is 14.7. The van der Waals surface area contributed by atoms with Crippen LogP contribution in [0.2, 0.25) is 0 Å². The van der Waals surface area contributed by atoms with Gasteiger partial charge < -0.3 is 5.11 Å². The van der Waals surface area contributed by atoms with Crippen molar-refractivity contribution in [2.75, 3.05) is 6.54 Å². The van der Waals surface area contributed by atoms with Crippen LogP contribution in [0.3, 0.4) is 0 Å². The van der Waals surface area contributed by atoms with E-state index in [1.165, 1.54) is 6.92 Å². The van der Waals surface area contributed by atoms with Crippen molar-refractivity contribution in [2.24, 2.45) is 0 Å². The molecule has 21 heavy (non-hydrogen) atoms. The molecule has 0 aliphatic heterocycles. The fourth-order valence-corrected chi connectivity index (χ4v) is 2.94. The summed E-state index contributed by atoms with van der Waals surface area (Å²) in [5.74, 6) is -1.11. The van der Waals surface area contributed by atoms with Gasteiger partial charge in [0, 0.05) is 12.6 Å². The number of aliphatic hydroxyl groups is 1. The smallest absolute Gasteiger partial charge is 0.306 e. The number of sulfonamides is 1. The zero-order chi connectivity index (χ0) is 16.3. The van der Waals surface area contributed by atoms with Crippen LogP contribution in [-0.4, -0.2) is 30.6 Å². The first-order chi connectivity index (χ1) is 9.59. The third kappa shape index (κ3) is 4.73. The summed E-state index contributed by atoms with van der Waals surface area (Å²) >= 11 is 0. The largest absolute Gasteiger partial charge is 0.389 e. The summed E-state index contributed by atoms with van der Waals surface area (Å²) in [5, 5.41) is 20.5. The second kappa shape index (κ2) is 6.46. The molecule has 0 aromatic heterocycles. The highest BCUT2D eigenvalue weighted by molar-refractivity contribution is 7.89. The first kappa shape index (κ1) is 17.5. The standard InChI is InChI=1S/C12H17FN2O5S/c1-3-6-12(2,16)8-14-21(19,20)9-4-5-10(13)11(7-9)15(17)18/h4-5,7,14,16H,3,6,8H2,1-2H3. The van der Waals surface area contributed by atoms with Gasteiger partial charge in [-0.1, -0.05) is 13.3 Å². The van der Waals surface area contributed by atoms with Gasteiger partial charge in [0.15, 0.2) is 0 Å². The van der Waals surface area contributed by atoms with Gasteiger partial charge in [0.1, 0.15) is 0 Å². The quantitative estimate of drug-likeness (QED) is 0.585. The minimum atomic E-state index is -4.07. The lowest BCUT2D eigenvalue weighted by molar-refractivity contribution is -0.387. The van der Waals surface area contributed by atoms with Crippen LogP contribution in [-0.2, 0) is 10.0 Å². The molecule has 0 aliphatic rings. The zero-order valence-electron chi connectivity index (χ0n) is 11.7. The molecular weight excluding hydrogens is 303 g/mol. The van der Waals surface area contributed by atoms with Crippen LogP contribution in [0.15, 0.2) is 23.1 Å². The zero-order valence-corrected chi connectivity index (χ0v) is 12.5. The number of halogens is 1. The highest BCUT2D eigenvalue weighted by Gasteiger charge is 2.25. The third-order valence-electron chi connectivity index (χ3n) is 2.86. The van der Waals surface area contributed by atoms with E-state index < -0.39 is 36.9 Å². The Hall–Kier alpha value is -1.58. The molecule has 0 fully saturated rings. The number of benzene rings is 1. The molecule has 0 radical (unpaired) electrons. The molecule has 1 atom stereocenters. The minimum absolute atomic E-state index is 0.242. The van der Waals surface area contributed by atoms with Gasteiger partial charge in [0.2, 0.25) is 15.8 Å². The Kier molecular flexibility index (Phi) is 5.37. The van der Waals surface area contributed by atoms with Crippen molar-refractivity contribution >= 4 is 15.7 Å². The molecule has 9 heteroatoms. The van der Waals surface area contributed by atoms with Gasteiger partial charge in [0.05, 0.1) is 15.4 Å². The molecule has 118 valence electrons. The molecule has 1 unspecified atom stereocenters. The monoisotopic (exact) mass is 320 g/mol. The van der Waals surface area contributed by atoms with E-state index in [4.69, 9.17) is 0 Å². The number of rotatable bonds is 7. The molecule has 1 rings (SSSR count). The number of nitrogens with zero attached hydrogens (tertiary/aromatic N) is 1. The Bertz CT molecular complexity index is 631. The van der Waals surface area contributed by atoms with Gasteiger partial charge in [-0.15, -0.1) is 0 Å². The fraction of sp³-hybridized carbons (Fsp3) is 0.500. The predicted octanol–water partition coefficient (Wildman–Crippen LogP) is 1.56. The second-order valence-electron chi connectivity index (χ2n) is 4.94. The predicted molar refractivity (Wildman–Crippen MR) is 73.8 cm³/mol. The molecule has 1 aromatic rings. The van der Waals surface area contributed by atoms with Gasteiger partial charge in [-0.2, -0.15) is 4.39 Å².